The topological polar surface area (TPSA) is 116 Å². The molecule has 1 atom stereocenters. The number of aromatic nitrogens is 1. The highest BCUT2D eigenvalue weighted by Crippen LogP contribution is 2.15. The van der Waals surface area contributed by atoms with Gasteiger partial charge < -0.3 is 11.5 Å². The van der Waals surface area contributed by atoms with Crippen LogP contribution in [0.3, 0.4) is 0 Å². The van der Waals surface area contributed by atoms with E-state index in [2.05, 4.69) is 4.98 Å². The number of pyridine rings is 1. The highest BCUT2D eigenvalue weighted by atomic mass is 32.2. The monoisotopic (exact) mass is 229 g/mol. The molecule has 82 valence electrons. The molecule has 1 unspecified atom stereocenters. The molecule has 1 aromatic heterocycles. The van der Waals surface area contributed by atoms with Crippen molar-refractivity contribution in [3.8, 4) is 0 Å². The van der Waals surface area contributed by atoms with Crippen molar-refractivity contribution in [2.75, 3.05) is 6.26 Å². The van der Waals surface area contributed by atoms with Gasteiger partial charge in [-0.1, -0.05) is 0 Å². The molecule has 0 spiro atoms. The number of nitrogens with two attached hydrogens (primary N) is 2. The Morgan fingerprint density at radius 3 is 2.60 bits per heavy atom. The summed E-state index contributed by atoms with van der Waals surface area (Å²) >= 11 is 0. The number of hydrogen-bond donors (Lipinski definition) is 2. The van der Waals surface area contributed by atoms with E-state index in [-0.39, 0.29) is 5.69 Å². The van der Waals surface area contributed by atoms with Gasteiger partial charge in [-0.05, 0) is 17.7 Å². The zero-order chi connectivity index (χ0) is 11.6. The standard InChI is InChI=1S/C8H11N3O3S/c1-15(13,14)8(10)5-2-3-11-6(4-5)7(9)12/h2-4,8H,10H2,1H3,(H2,9,12). The molecular weight excluding hydrogens is 218 g/mol. The molecule has 0 aliphatic rings. The molecule has 1 aromatic rings. The number of carbonyl (C=O) groups excluding carboxylic acids is 1. The molecule has 0 saturated carbocycles. The number of carbonyl (C=O) groups is 1. The normalized spacial score (nSPS) is 13.5. The first kappa shape index (κ1) is 11.6. The van der Waals surface area contributed by atoms with Crippen molar-refractivity contribution in [2.45, 2.75) is 5.37 Å². The molecule has 0 bridgehead atoms. The predicted octanol–water partition coefficient (Wildman–Crippen LogP) is -0.818. The van der Waals surface area contributed by atoms with Crippen LogP contribution in [-0.2, 0) is 9.84 Å². The van der Waals surface area contributed by atoms with E-state index in [1.165, 1.54) is 18.3 Å². The number of amides is 1. The first-order valence-electron chi connectivity index (χ1n) is 4.02. The second-order valence-electron chi connectivity index (χ2n) is 3.09. The van der Waals surface area contributed by atoms with Crippen LogP contribution in [0.15, 0.2) is 18.3 Å². The van der Waals surface area contributed by atoms with E-state index in [4.69, 9.17) is 11.5 Å². The van der Waals surface area contributed by atoms with Crippen molar-refractivity contribution >= 4 is 15.7 Å². The SMILES string of the molecule is CS(=O)(=O)C(N)c1ccnc(C(N)=O)c1. The number of hydrogen-bond acceptors (Lipinski definition) is 5. The molecule has 6 nitrogen and oxygen atoms in total. The molecule has 0 saturated heterocycles. The summed E-state index contributed by atoms with van der Waals surface area (Å²) in [5.41, 5.74) is 10.8. The maximum atomic E-state index is 11.2. The van der Waals surface area contributed by atoms with E-state index in [1.807, 2.05) is 0 Å². The molecule has 0 aliphatic carbocycles. The van der Waals surface area contributed by atoms with Crippen LogP contribution in [-0.4, -0.2) is 25.6 Å². The Morgan fingerprint density at radius 2 is 2.13 bits per heavy atom. The third kappa shape index (κ3) is 2.74. The highest BCUT2D eigenvalue weighted by Gasteiger charge is 2.18. The fourth-order valence-corrected chi connectivity index (χ4v) is 1.65. The van der Waals surface area contributed by atoms with E-state index in [9.17, 15) is 13.2 Å². The van der Waals surface area contributed by atoms with Gasteiger partial charge in [-0.2, -0.15) is 0 Å². The first-order chi connectivity index (χ1) is 6.82. The van der Waals surface area contributed by atoms with Gasteiger partial charge in [0.15, 0.2) is 9.84 Å². The van der Waals surface area contributed by atoms with Crippen LogP contribution in [0.5, 0.6) is 0 Å². The lowest BCUT2D eigenvalue weighted by Crippen LogP contribution is -2.21. The number of primary amides is 1. The van der Waals surface area contributed by atoms with Gasteiger partial charge in [-0.15, -0.1) is 0 Å². The maximum absolute atomic E-state index is 11.2. The van der Waals surface area contributed by atoms with Gasteiger partial charge in [0.1, 0.15) is 11.1 Å². The molecule has 1 heterocycles. The van der Waals surface area contributed by atoms with E-state index in [1.54, 1.807) is 0 Å². The van der Waals surface area contributed by atoms with Crippen molar-refractivity contribution in [1.29, 1.82) is 0 Å². The summed E-state index contributed by atoms with van der Waals surface area (Å²) in [4.78, 5) is 14.5. The van der Waals surface area contributed by atoms with Crippen molar-refractivity contribution in [1.82, 2.24) is 4.98 Å². The summed E-state index contributed by atoms with van der Waals surface area (Å²) in [6.07, 6.45) is 2.31. The second-order valence-corrected chi connectivity index (χ2v) is 5.26. The van der Waals surface area contributed by atoms with Crippen molar-refractivity contribution in [3.63, 3.8) is 0 Å². The van der Waals surface area contributed by atoms with Gasteiger partial charge in [0.25, 0.3) is 5.91 Å². The number of sulfone groups is 1. The minimum atomic E-state index is -3.40. The summed E-state index contributed by atoms with van der Waals surface area (Å²) in [7, 11) is -3.40. The average molecular weight is 229 g/mol. The summed E-state index contributed by atoms with van der Waals surface area (Å²) in [6.45, 7) is 0. The summed E-state index contributed by atoms with van der Waals surface area (Å²) in [5.74, 6) is -0.724. The summed E-state index contributed by atoms with van der Waals surface area (Å²) < 4.78 is 22.3. The minimum absolute atomic E-state index is 0.00778. The first-order valence-corrected chi connectivity index (χ1v) is 5.98. The Bertz CT molecular complexity index is 484. The molecule has 0 fully saturated rings. The Morgan fingerprint density at radius 1 is 1.53 bits per heavy atom. The fraction of sp³-hybridized carbons (Fsp3) is 0.250. The van der Waals surface area contributed by atoms with Crippen LogP contribution in [0.1, 0.15) is 21.4 Å². The van der Waals surface area contributed by atoms with Gasteiger partial charge in [0, 0.05) is 12.5 Å². The van der Waals surface area contributed by atoms with E-state index >= 15 is 0 Å². The maximum Gasteiger partial charge on any atom is 0.267 e. The molecule has 0 aromatic carbocycles. The van der Waals surface area contributed by atoms with Gasteiger partial charge in [-0.25, -0.2) is 8.42 Å². The largest absolute Gasteiger partial charge is 0.364 e. The summed E-state index contributed by atoms with van der Waals surface area (Å²) in [6, 6.07) is 2.70. The second kappa shape index (κ2) is 3.95. The lowest BCUT2D eigenvalue weighted by molar-refractivity contribution is 0.0995. The lowest BCUT2D eigenvalue weighted by Gasteiger charge is -2.09. The quantitative estimate of drug-likeness (QED) is 0.702. The Kier molecular flexibility index (Phi) is 3.06. The Hall–Kier alpha value is -1.47. The minimum Gasteiger partial charge on any atom is -0.364 e. The molecule has 4 N–H and O–H groups in total. The predicted molar refractivity (Wildman–Crippen MR) is 54.5 cm³/mol. The van der Waals surface area contributed by atoms with Crippen LogP contribution < -0.4 is 11.5 Å². The molecule has 7 heteroatoms. The van der Waals surface area contributed by atoms with Crippen molar-refractivity contribution in [2.24, 2.45) is 11.5 Å². The van der Waals surface area contributed by atoms with Crippen LogP contribution in [0.2, 0.25) is 0 Å². The van der Waals surface area contributed by atoms with Gasteiger partial charge in [0.05, 0.1) is 0 Å². The van der Waals surface area contributed by atoms with E-state index in [0.717, 1.165) is 6.26 Å². The van der Waals surface area contributed by atoms with Crippen molar-refractivity contribution in [3.05, 3.63) is 29.6 Å². The van der Waals surface area contributed by atoms with Crippen LogP contribution in [0, 0.1) is 0 Å². The molecular formula is C8H11N3O3S. The average Bonchev–Trinajstić information content (AvgIpc) is 2.15. The van der Waals surface area contributed by atoms with Crippen LogP contribution in [0.4, 0.5) is 0 Å². The molecule has 1 amide bonds. The molecule has 0 aliphatic heterocycles. The lowest BCUT2D eigenvalue weighted by atomic mass is 10.2. The van der Waals surface area contributed by atoms with Crippen LogP contribution >= 0.6 is 0 Å². The van der Waals surface area contributed by atoms with E-state index in [0.29, 0.717) is 5.56 Å². The molecule has 15 heavy (non-hydrogen) atoms. The molecule has 1 rings (SSSR count). The van der Waals surface area contributed by atoms with Gasteiger partial charge >= 0.3 is 0 Å². The third-order valence-electron chi connectivity index (χ3n) is 1.83. The highest BCUT2D eigenvalue weighted by molar-refractivity contribution is 7.90. The van der Waals surface area contributed by atoms with Gasteiger partial charge in [0.2, 0.25) is 0 Å². The Labute approximate surface area is 87.2 Å². The molecule has 0 radical (unpaired) electrons. The number of nitrogens with zero attached hydrogens (tertiary/aromatic N) is 1. The fourth-order valence-electron chi connectivity index (χ4n) is 1.01. The van der Waals surface area contributed by atoms with Gasteiger partial charge in [-0.3, -0.25) is 9.78 Å². The zero-order valence-electron chi connectivity index (χ0n) is 8.04. The van der Waals surface area contributed by atoms with Crippen LogP contribution in [0.25, 0.3) is 0 Å². The third-order valence-corrected chi connectivity index (χ3v) is 3.02. The van der Waals surface area contributed by atoms with Crippen molar-refractivity contribution < 1.29 is 13.2 Å². The summed E-state index contributed by atoms with van der Waals surface area (Å²) in [5, 5.41) is -1.17. The zero-order valence-corrected chi connectivity index (χ0v) is 8.86. The number of rotatable bonds is 3. The van der Waals surface area contributed by atoms with E-state index < -0.39 is 21.1 Å². The smallest absolute Gasteiger partial charge is 0.267 e. The Balaban J connectivity index is 3.17.